The highest BCUT2D eigenvalue weighted by atomic mass is 16.4. The quantitative estimate of drug-likeness (QED) is 0.615. The number of nitrogens with zero attached hydrogens (tertiary/aromatic N) is 4. The van der Waals surface area contributed by atoms with Crippen LogP contribution in [-0.4, -0.2) is 30.5 Å². The monoisotopic (exact) mass is 346 g/mol. The number of carboxylic acid groups (broad SMARTS) is 1. The second kappa shape index (κ2) is 5.96. The molecule has 26 heavy (non-hydrogen) atoms. The highest BCUT2D eigenvalue weighted by Gasteiger charge is 2.21. The van der Waals surface area contributed by atoms with Crippen LogP contribution in [0, 0.1) is 0 Å². The fourth-order valence-electron chi connectivity index (χ4n) is 2.93. The molecule has 7 nitrogen and oxygen atoms in total. The molecule has 128 valence electrons. The second-order valence-corrected chi connectivity index (χ2v) is 5.80. The normalized spacial score (nSPS) is 11.0. The Morgan fingerprint density at radius 3 is 2.50 bits per heavy atom. The number of benzene rings is 1. The molecule has 3 aromatic heterocycles. The van der Waals surface area contributed by atoms with Gasteiger partial charge in [0.15, 0.2) is 0 Å². The number of aromatic nitrogens is 4. The summed E-state index contributed by atoms with van der Waals surface area (Å²) in [6.07, 6.45) is 1.81. The predicted molar refractivity (Wildman–Crippen MR) is 96.1 cm³/mol. The third kappa shape index (κ3) is 2.46. The van der Waals surface area contributed by atoms with Crippen molar-refractivity contribution in [3.8, 4) is 22.5 Å². The van der Waals surface area contributed by atoms with Crippen molar-refractivity contribution in [1.82, 2.24) is 19.4 Å². The van der Waals surface area contributed by atoms with Gasteiger partial charge >= 0.3 is 5.97 Å². The van der Waals surface area contributed by atoms with Crippen LogP contribution in [0.1, 0.15) is 10.4 Å². The zero-order valence-corrected chi connectivity index (χ0v) is 13.8. The molecule has 4 rings (SSSR count). The number of aryl methyl sites for hydroxylation is 1. The van der Waals surface area contributed by atoms with Crippen LogP contribution in [0.3, 0.4) is 0 Å². The standard InChI is InChI=1S/C19H14N4O3/c1-22-18(24)13(19(25)26)11-14(20-22)16-15-9-5-6-10-23(15)21-17(16)12-7-3-2-4-8-12/h2-11H,1H3,(H,25,26). The van der Waals surface area contributed by atoms with Gasteiger partial charge in [0.1, 0.15) is 11.3 Å². The van der Waals surface area contributed by atoms with Crippen molar-refractivity contribution >= 4 is 11.5 Å². The van der Waals surface area contributed by atoms with Gasteiger partial charge in [0.25, 0.3) is 5.56 Å². The number of pyridine rings is 1. The van der Waals surface area contributed by atoms with E-state index in [4.69, 9.17) is 0 Å². The molecule has 0 atom stereocenters. The Kier molecular flexibility index (Phi) is 3.62. The Morgan fingerprint density at radius 1 is 1.04 bits per heavy atom. The molecule has 7 heteroatoms. The lowest BCUT2D eigenvalue weighted by Crippen LogP contribution is -2.26. The molecule has 0 bridgehead atoms. The van der Waals surface area contributed by atoms with Crippen molar-refractivity contribution in [3.63, 3.8) is 0 Å². The molecule has 4 aromatic rings. The molecule has 0 unspecified atom stereocenters. The summed E-state index contributed by atoms with van der Waals surface area (Å²) in [4.78, 5) is 23.5. The minimum Gasteiger partial charge on any atom is -0.477 e. The van der Waals surface area contributed by atoms with Gasteiger partial charge in [0, 0.05) is 18.8 Å². The van der Waals surface area contributed by atoms with E-state index in [0.717, 1.165) is 15.8 Å². The topological polar surface area (TPSA) is 89.5 Å². The number of hydrogen-bond acceptors (Lipinski definition) is 4. The van der Waals surface area contributed by atoms with Gasteiger partial charge in [-0.2, -0.15) is 10.2 Å². The van der Waals surface area contributed by atoms with Crippen LogP contribution in [0.25, 0.3) is 28.0 Å². The first kappa shape index (κ1) is 15.8. The van der Waals surface area contributed by atoms with Gasteiger partial charge in [-0.15, -0.1) is 0 Å². The maximum atomic E-state index is 12.0. The summed E-state index contributed by atoms with van der Waals surface area (Å²) < 4.78 is 2.75. The molecule has 0 spiro atoms. The van der Waals surface area contributed by atoms with Gasteiger partial charge in [0.2, 0.25) is 0 Å². The van der Waals surface area contributed by atoms with Gasteiger partial charge in [-0.1, -0.05) is 36.4 Å². The third-order valence-corrected chi connectivity index (χ3v) is 4.14. The molecule has 1 aromatic carbocycles. The van der Waals surface area contributed by atoms with E-state index in [9.17, 15) is 14.7 Å². The van der Waals surface area contributed by atoms with E-state index >= 15 is 0 Å². The van der Waals surface area contributed by atoms with Crippen molar-refractivity contribution in [3.05, 3.63) is 76.7 Å². The minimum absolute atomic E-state index is 0.327. The Morgan fingerprint density at radius 2 is 1.77 bits per heavy atom. The first-order chi connectivity index (χ1) is 12.6. The maximum Gasteiger partial charge on any atom is 0.341 e. The van der Waals surface area contributed by atoms with E-state index in [1.807, 2.05) is 54.7 Å². The summed E-state index contributed by atoms with van der Waals surface area (Å²) in [5.74, 6) is -1.29. The van der Waals surface area contributed by atoms with E-state index in [-0.39, 0.29) is 5.56 Å². The molecule has 0 radical (unpaired) electrons. The number of hydrogen-bond donors (Lipinski definition) is 1. The van der Waals surface area contributed by atoms with Gasteiger partial charge in [-0.3, -0.25) is 4.79 Å². The largest absolute Gasteiger partial charge is 0.477 e. The van der Waals surface area contributed by atoms with E-state index in [1.54, 1.807) is 4.52 Å². The molecule has 3 heterocycles. The molecular formula is C19H14N4O3. The zero-order valence-electron chi connectivity index (χ0n) is 13.8. The van der Waals surface area contributed by atoms with Crippen LogP contribution < -0.4 is 5.56 Å². The average Bonchev–Trinajstić information content (AvgIpc) is 3.04. The average molecular weight is 346 g/mol. The first-order valence-corrected chi connectivity index (χ1v) is 7.91. The summed E-state index contributed by atoms with van der Waals surface area (Å²) >= 11 is 0. The van der Waals surface area contributed by atoms with Gasteiger partial charge < -0.3 is 5.11 Å². The number of rotatable bonds is 3. The maximum absolute atomic E-state index is 12.0. The fraction of sp³-hybridized carbons (Fsp3) is 0.0526. The van der Waals surface area contributed by atoms with Crippen LogP contribution >= 0.6 is 0 Å². The van der Waals surface area contributed by atoms with E-state index < -0.39 is 11.5 Å². The smallest absolute Gasteiger partial charge is 0.341 e. The van der Waals surface area contributed by atoms with Crippen molar-refractivity contribution in [2.24, 2.45) is 7.05 Å². The van der Waals surface area contributed by atoms with Crippen LogP contribution in [0.5, 0.6) is 0 Å². The van der Waals surface area contributed by atoms with Crippen molar-refractivity contribution in [2.45, 2.75) is 0 Å². The summed E-state index contributed by atoms with van der Waals surface area (Å²) in [5.41, 5.74) is 2.39. The summed E-state index contributed by atoms with van der Waals surface area (Å²) in [6.45, 7) is 0. The molecule has 0 fully saturated rings. The minimum atomic E-state index is -1.29. The highest BCUT2D eigenvalue weighted by molar-refractivity contribution is 5.93. The summed E-state index contributed by atoms with van der Waals surface area (Å²) in [6, 6.07) is 16.5. The molecule has 0 aliphatic heterocycles. The Balaban J connectivity index is 2.09. The molecule has 0 amide bonds. The van der Waals surface area contributed by atoms with E-state index in [0.29, 0.717) is 17.0 Å². The number of fused-ring (bicyclic) bond motifs is 1. The highest BCUT2D eigenvalue weighted by Crippen LogP contribution is 2.33. The van der Waals surface area contributed by atoms with Crippen molar-refractivity contribution in [1.29, 1.82) is 0 Å². The molecule has 0 aliphatic carbocycles. The van der Waals surface area contributed by atoms with Crippen LogP contribution in [0.2, 0.25) is 0 Å². The number of aromatic carboxylic acids is 1. The second-order valence-electron chi connectivity index (χ2n) is 5.80. The Hall–Kier alpha value is -3.74. The Bertz CT molecular complexity index is 1190. The molecular weight excluding hydrogens is 332 g/mol. The molecule has 0 saturated heterocycles. The van der Waals surface area contributed by atoms with E-state index in [2.05, 4.69) is 10.2 Å². The van der Waals surface area contributed by atoms with E-state index in [1.165, 1.54) is 13.1 Å². The summed E-state index contributed by atoms with van der Waals surface area (Å²) in [5, 5.41) is 18.3. The van der Waals surface area contributed by atoms with Crippen LogP contribution in [0.4, 0.5) is 0 Å². The summed E-state index contributed by atoms with van der Waals surface area (Å²) in [7, 11) is 1.44. The first-order valence-electron chi connectivity index (χ1n) is 7.91. The molecule has 1 N–H and O–H groups in total. The predicted octanol–water partition coefficient (Wildman–Crippen LogP) is 2.46. The third-order valence-electron chi connectivity index (χ3n) is 4.14. The lowest BCUT2D eigenvalue weighted by Gasteiger charge is -2.06. The molecule has 0 aliphatic rings. The lowest BCUT2D eigenvalue weighted by atomic mass is 10.0. The van der Waals surface area contributed by atoms with Gasteiger partial charge in [0.05, 0.1) is 16.8 Å². The van der Waals surface area contributed by atoms with Gasteiger partial charge in [-0.05, 0) is 18.2 Å². The van der Waals surface area contributed by atoms with Crippen LogP contribution in [0.15, 0.2) is 65.6 Å². The van der Waals surface area contributed by atoms with Crippen molar-refractivity contribution in [2.75, 3.05) is 0 Å². The fourth-order valence-corrected chi connectivity index (χ4v) is 2.93. The number of carboxylic acids is 1. The molecule has 0 saturated carbocycles. The zero-order chi connectivity index (χ0) is 18.3. The number of carbonyl (C=O) groups is 1. The SMILES string of the molecule is Cn1nc(-c2c(-c3ccccc3)nn3ccccc23)cc(C(=O)O)c1=O. The van der Waals surface area contributed by atoms with Crippen LogP contribution in [-0.2, 0) is 7.05 Å². The van der Waals surface area contributed by atoms with Gasteiger partial charge in [-0.25, -0.2) is 14.0 Å². The lowest BCUT2D eigenvalue weighted by molar-refractivity contribution is 0.0694. The van der Waals surface area contributed by atoms with Crippen molar-refractivity contribution < 1.29 is 9.90 Å². The Labute approximate surface area is 147 Å².